The highest BCUT2D eigenvalue weighted by Crippen LogP contribution is 2.44. The Morgan fingerprint density at radius 1 is 1.33 bits per heavy atom. The van der Waals surface area contributed by atoms with Crippen LogP contribution in [0.1, 0.15) is 32.1 Å². The average Bonchev–Trinajstić information content (AvgIpc) is 2.06. The van der Waals surface area contributed by atoms with E-state index in [1.54, 1.807) is 0 Å². The first-order valence-electron chi connectivity index (χ1n) is 5.08. The molecule has 1 nitrogen and oxygen atoms in total. The highest BCUT2D eigenvalue weighted by atomic mass is 35.5. The van der Waals surface area contributed by atoms with Crippen molar-refractivity contribution in [2.24, 2.45) is 5.92 Å². The van der Waals surface area contributed by atoms with E-state index in [-0.39, 0.29) is 4.87 Å². The van der Waals surface area contributed by atoms with Gasteiger partial charge in [-0.2, -0.15) is 0 Å². The molecule has 70 valence electrons. The number of hydrogen-bond acceptors (Lipinski definition) is 1. The molecule has 2 rings (SSSR count). The Kier molecular flexibility index (Phi) is 2.35. The minimum absolute atomic E-state index is 0.185. The van der Waals surface area contributed by atoms with Crippen LogP contribution in [0.3, 0.4) is 0 Å². The minimum atomic E-state index is 0.185. The summed E-state index contributed by atoms with van der Waals surface area (Å²) in [6.45, 7) is 2.42. The van der Waals surface area contributed by atoms with Crippen molar-refractivity contribution in [3.05, 3.63) is 0 Å². The molecule has 1 saturated carbocycles. The Morgan fingerprint density at radius 2 is 2.17 bits per heavy atom. The molecule has 12 heavy (non-hydrogen) atoms. The smallest absolute Gasteiger partial charge is 0.0499 e. The van der Waals surface area contributed by atoms with Crippen molar-refractivity contribution in [1.82, 2.24) is 4.90 Å². The Hall–Kier alpha value is 0.250. The van der Waals surface area contributed by atoms with E-state index in [4.69, 9.17) is 11.6 Å². The van der Waals surface area contributed by atoms with Crippen molar-refractivity contribution in [1.29, 1.82) is 0 Å². The molecule has 0 aromatic carbocycles. The summed E-state index contributed by atoms with van der Waals surface area (Å²) in [5.41, 5.74) is 0. The molecule has 0 N–H and O–H groups in total. The Morgan fingerprint density at radius 3 is 3.00 bits per heavy atom. The van der Waals surface area contributed by atoms with Crippen LogP contribution in [0.2, 0.25) is 0 Å². The van der Waals surface area contributed by atoms with Gasteiger partial charge >= 0.3 is 0 Å². The molecule has 1 unspecified atom stereocenters. The molecule has 2 aliphatic rings. The van der Waals surface area contributed by atoms with Gasteiger partial charge in [-0.25, -0.2) is 0 Å². The fraction of sp³-hybridized carbons (Fsp3) is 1.00. The van der Waals surface area contributed by atoms with Gasteiger partial charge in [0.15, 0.2) is 0 Å². The maximum atomic E-state index is 6.62. The third-order valence-corrected chi connectivity index (χ3v) is 4.25. The van der Waals surface area contributed by atoms with Crippen LogP contribution in [0.4, 0.5) is 0 Å². The molecule has 1 aliphatic carbocycles. The maximum Gasteiger partial charge on any atom is 0.0499 e. The zero-order chi connectivity index (χ0) is 8.60. The number of halogens is 1. The lowest BCUT2D eigenvalue weighted by molar-refractivity contribution is 0.124. The van der Waals surface area contributed by atoms with Crippen LogP contribution >= 0.6 is 11.6 Å². The van der Waals surface area contributed by atoms with Crippen LogP contribution in [-0.4, -0.2) is 29.9 Å². The van der Waals surface area contributed by atoms with Crippen LogP contribution in [0.25, 0.3) is 0 Å². The Bertz CT molecular complexity index is 171. The molecule has 2 atom stereocenters. The highest BCUT2D eigenvalue weighted by molar-refractivity contribution is 6.24. The molecule has 0 spiro atoms. The summed E-state index contributed by atoms with van der Waals surface area (Å²) in [6, 6.07) is 0. The second-order valence-corrected chi connectivity index (χ2v) is 5.24. The lowest BCUT2D eigenvalue weighted by Gasteiger charge is -2.46. The highest BCUT2D eigenvalue weighted by Gasteiger charge is 2.41. The largest absolute Gasteiger partial charge is 0.306 e. The fourth-order valence-electron chi connectivity index (χ4n) is 2.70. The van der Waals surface area contributed by atoms with Gasteiger partial charge in [0.25, 0.3) is 0 Å². The number of piperidine rings is 1. The van der Waals surface area contributed by atoms with Gasteiger partial charge in [0.2, 0.25) is 0 Å². The fourth-order valence-corrected chi connectivity index (χ4v) is 3.10. The molecule has 0 amide bonds. The van der Waals surface area contributed by atoms with Gasteiger partial charge in [0, 0.05) is 11.4 Å². The van der Waals surface area contributed by atoms with Crippen LogP contribution < -0.4 is 0 Å². The molecule has 2 fully saturated rings. The quantitative estimate of drug-likeness (QED) is 0.527. The van der Waals surface area contributed by atoms with Crippen LogP contribution in [0.15, 0.2) is 0 Å². The summed E-state index contributed by atoms with van der Waals surface area (Å²) in [6.07, 6.45) is 6.56. The monoisotopic (exact) mass is 187 g/mol. The summed E-state index contributed by atoms with van der Waals surface area (Å²) < 4.78 is 0. The zero-order valence-corrected chi connectivity index (χ0v) is 8.61. The van der Waals surface area contributed by atoms with Gasteiger partial charge in [-0.3, -0.25) is 0 Å². The van der Waals surface area contributed by atoms with Crippen LogP contribution in [-0.2, 0) is 0 Å². The summed E-state index contributed by atoms with van der Waals surface area (Å²) in [5.74, 6) is 0.770. The van der Waals surface area contributed by atoms with E-state index in [1.165, 1.54) is 45.2 Å². The second kappa shape index (κ2) is 3.19. The number of fused-ring (bicyclic) bond motifs is 1. The average molecular weight is 188 g/mol. The zero-order valence-electron chi connectivity index (χ0n) is 7.85. The molecule has 1 heterocycles. The first kappa shape index (κ1) is 8.83. The normalized spacial score (nSPS) is 44.0. The topological polar surface area (TPSA) is 3.24 Å². The summed E-state index contributed by atoms with van der Waals surface area (Å²) in [7, 11) is 2.21. The number of hydrogen-bond donors (Lipinski definition) is 0. The van der Waals surface area contributed by atoms with E-state index < -0.39 is 0 Å². The van der Waals surface area contributed by atoms with Crippen molar-refractivity contribution in [3.63, 3.8) is 0 Å². The summed E-state index contributed by atoms with van der Waals surface area (Å²) >= 11 is 6.62. The lowest BCUT2D eigenvalue weighted by Crippen LogP contribution is -2.48. The number of nitrogens with zero attached hydrogens (tertiary/aromatic N) is 1. The van der Waals surface area contributed by atoms with E-state index in [2.05, 4.69) is 11.9 Å². The number of rotatable bonds is 0. The third-order valence-electron chi connectivity index (χ3n) is 3.57. The third kappa shape index (κ3) is 1.49. The van der Waals surface area contributed by atoms with Gasteiger partial charge < -0.3 is 4.90 Å². The molecular formula is C10H18ClN. The van der Waals surface area contributed by atoms with Gasteiger partial charge in [-0.1, -0.05) is 12.8 Å². The van der Waals surface area contributed by atoms with Gasteiger partial charge in [-0.05, 0) is 38.8 Å². The number of likely N-dealkylation sites (tertiary alicyclic amines) is 1. The molecule has 0 aromatic heterocycles. The molecule has 1 aliphatic heterocycles. The van der Waals surface area contributed by atoms with Crippen LogP contribution in [0, 0.1) is 5.92 Å². The van der Waals surface area contributed by atoms with Crippen molar-refractivity contribution >= 4 is 11.6 Å². The predicted octanol–water partition coefficient (Wildman–Crippen LogP) is 2.49. The van der Waals surface area contributed by atoms with Crippen molar-refractivity contribution in [2.75, 3.05) is 20.1 Å². The van der Waals surface area contributed by atoms with E-state index >= 15 is 0 Å². The number of alkyl halides is 1. The summed E-state index contributed by atoms with van der Waals surface area (Å²) in [5, 5.41) is 0. The van der Waals surface area contributed by atoms with Crippen LogP contribution in [0.5, 0.6) is 0 Å². The molecule has 2 heteroatoms. The van der Waals surface area contributed by atoms with E-state index in [9.17, 15) is 0 Å². The molecule has 0 radical (unpaired) electrons. The molecule has 1 saturated heterocycles. The van der Waals surface area contributed by atoms with Gasteiger partial charge in [0.1, 0.15) is 0 Å². The first-order chi connectivity index (χ1) is 5.71. The van der Waals surface area contributed by atoms with E-state index in [0.29, 0.717) is 0 Å². The SMILES string of the molecule is CN1CC[C@]2(Cl)CCCCC2C1. The second-order valence-electron chi connectivity index (χ2n) is 4.49. The maximum absolute atomic E-state index is 6.62. The van der Waals surface area contributed by atoms with Gasteiger partial charge in [0.05, 0.1) is 0 Å². The first-order valence-corrected chi connectivity index (χ1v) is 5.46. The molecule has 0 aromatic rings. The molecule has 0 bridgehead atoms. The Balaban J connectivity index is 2.06. The van der Waals surface area contributed by atoms with Crippen molar-refractivity contribution in [3.8, 4) is 0 Å². The standard InChI is InChI=1S/C10H18ClN/c1-12-7-6-10(11)5-3-2-4-9(10)8-12/h9H,2-8H2,1H3/t9?,10-/m1/s1. The minimum Gasteiger partial charge on any atom is -0.306 e. The summed E-state index contributed by atoms with van der Waals surface area (Å²) in [4.78, 5) is 2.61. The van der Waals surface area contributed by atoms with E-state index in [1.807, 2.05) is 0 Å². The lowest BCUT2D eigenvalue weighted by atomic mass is 9.74. The molecular weight excluding hydrogens is 170 g/mol. The van der Waals surface area contributed by atoms with E-state index in [0.717, 1.165) is 5.92 Å². The van der Waals surface area contributed by atoms with Gasteiger partial charge in [-0.15, -0.1) is 11.6 Å². The Labute approximate surface area is 80.1 Å². The van der Waals surface area contributed by atoms with Crippen molar-refractivity contribution < 1.29 is 0 Å². The predicted molar refractivity (Wildman–Crippen MR) is 52.7 cm³/mol. The van der Waals surface area contributed by atoms with Crippen molar-refractivity contribution in [2.45, 2.75) is 37.0 Å².